The molecule has 12 heavy (non-hydrogen) atoms. The maximum absolute atomic E-state index is 10.7. The number of hydrogen-bond donors (Lipinski definition) is 1. The van der Waals surface area contributed by atoms with E-state index in [1.165, 1.54) is 0 Å². The lowest BCUT2D eigenvalue weighted by Gasteiger charge is -2.33. The fraction of sp³-hybridized carbons (Fsp3) is 0.833. The minimum Gasteiger partial charge on any atom is -0.480 e. The lowest BCUT2D eigenvalue weighted by atomic mass is 10.3. The lowest BCUT2D eigenvalue weighted by molar-refractivity contribution is -0.138. The van der Waals surface area contributed by atoms with E-state index in [4.69, 9.17) is 5.11 Å². The maximum atomic E-state index is 10.7. The third-order valence-electron chi connectivity index (χ3n) is 1.90. The normalized spacial score (nSPS) is 22.2. The molecule has 0 bridgehead atoms. The van der Waals surface area contributed by atoms with Crippen molar-refractivity contribution in [1.29, 1.82) is 0 Å². The van der Waals surface area contributed by atoms with Gasteiger partial charge in [0.25, 0.3) is 0 Å². The van der Waals surface area contributed by atoms with Gasteiger partial charge in [0.2, 0.25) is 0 Å². The molecule has 1 aliphatic heterocycles. The second kappa shape index (κ2) is 3.02. The first kappa shape index (κ1) is 9.47. The van der Waals surface area contributed by atoms with E-state index in [1.807, 2.05) is 0 Å². The van der Waals surface area contributed by atoms with Crippen LogP contribution in [-0.4, -0.2) is 55.5 Å². The first-order valence-electron chi connectivity index (χ1n) is 3.53. The van der Waals surface area contributed by atoms with Gasteiger partial charge in [-0.3, -0.25) is 9.69 Å². The quantitative estimate of drug-likeness (QED) is 0.609. The summed E-state index contributed by atoms with van der Waals surface area (Å²) in [6.45, 7) is -0.0970. The Labute approximate surface area is 70.9 Å². The molecule has 0 unspecified atom stereocenters. The molecule has 0 aromatic carbocycles. The highest BCUT2D eigenvalue weighted by molar-refractivity contribution is 7.92. The predicted molar refractivity (Wildman–Crippen MR) is 42.7 cm³/mol. The molecule has 0 saturated carbocycles. The Balaban J connectivity index is 2.38. The van der Waals surface area contributed by atoms with Crippen LogP contribution in [0.1, 0.15) is 0 Å². The molecule has 1 fully saturated rings. The number of aliphatic carboxylic acids is 1. The van der Waals surface area contributed by atoms with Crippen molar-refractivity contribution in [2.45, 2.75) is 6.04 Å². The van der Waals surface area contributed by atoms with E-state index in [0.29, 0.717) is 0 Å². The van der Waals surface area contributed by atoms with Gasteiger partial charge < -0.3 is 5.11 Å². The molecule has 1 rings (SSSR count). The van der Waals surface area contributed by atoms with Crippen LogP contribution in [0.15, 0.2) is 0 Å². The van der Waals surface area contributed by atoms with Crippen LogP contribution in [0.3, 0.4) is 0 Å². The largest absolute Gasteiger partial charge is 0.480 e. The first-order valence-corrected chi connectivity index (χ1v) is 5.35. The minimum atomic E-state index is -2.85. The van der Waals surface area contributed by atoms with E-state index in [1.54, 1.807) is 11.9 Å². The van der Waals surface area contributed by atoms with Crippen LogP contribution in [0, 0.1) is 0 Å². The molecule has 0 aromatic rings. The highest BCUT2D eigenvalue weighted by Crippen LogP contribution is 2.15. The summed E-state index contributed by atoms with van der Waals surface area (Å²) < 4.78 is 21.4. The lowest BCUT2D eigenvalue weighted by Crippen LogP contribution is -2.52. The molecule has 1 saturated heterocycles. The zero-order valence-electron chi connectivity index (χ0n) is 6.73. The average Bonchev–Trinajstić information content (AvgIpc) is 1.80. The molecule has 0 radical (unpaired) electrons. The van der Waals surface area contributed by atoms with Gasteiger partial charge in [-0.25, -0.2) is 8.42 Å². The summed E-state index contributed by atoms with van der Waals surface area (Å²) in [5.74, 6) is -0.741. The molecule has 0 aromatic heterocycles. The maximum Gasteiger partial charge on any atom is 0.317 e. The molecule has 70 valence electrons. The van der Waals surface area contributed by atoms with Gasteiger partial charge in [0.15, 0.2) is 9.84 Å². The number of nitrogens with zero attached hydrogens (tertiary/aromatic N) is 1. The van der Waals surface area contributed by atoms with E-state index in [9.17, 15) is 13.2 Å². The van der Waals surface area contributed by atoms with Crippen molar-refractivity contribution < 1.29 is 18.3 Å². The Hall–Kier alpha value is -0.620. The van der Waals surface area contributed by atoms with Gasteiger partial charge in [-0.05, 0) is 7.05 Å². The number of rotatable bonds is 3. The van der Waals surface area contributed by atoms with Gasteiger partial charge in [-0.1, -0.05) is 0 Å². The van der Waals surface area contributed by atoms with Crippen LogP contribution in [0.4, 0.5) is 0 Å². The number of carboxylic acid groups (broad SMARTS) is 1. The second-order valence-electron chi connectivity index (χ2n) is 3.04. The predicted octanol–water partition coefficient (Wildman–Crippen LogP) is -1.20. The zero-order valence-corrected chi connectivity index (χ0v) is 7.54. The third kappa shape index (κ3) is 2.18. The van der Waals surface area contributed by atoms with E-state index in [2.05, 4.69) is 0 Å². The molecule has 0 amide bonds. The SMILES string of the molecule is CN(CC(=O)O)C1CS(=O)(=O)C1. The number of carboxylic acids is 1. The van der Waals surface area contributed by atoms with Crippen molar-refractivity contribution in [3.05, 3.63) is 0 Å². The Bertz CT molecular complexity index is 272. The molecular weight excluding hydrogens is 182 g/mol. The van der Waals surface area contributed by atoms with Gasteiger partial charge in [-0.2, -0.15) is 0 Å². The Morgan fingerprint density at radius 1 is 1.58 bits per heavy atom. The van der Waals surface area contributed by atoms with Gasteiger partial charge in [-0.15, -0.1) is 0 Å². The minimum absolute atomic E-state index is 0.0940. The van der Waals surface area contributed by atoms with Crippen molar-refractivity contribution in [2.24, 2.45) is 0 Å². The zero-order chi connectivity index (χ0) is 9.35. The van der Waals surface area contributed by atoms with Gasteiger partial charge in [0, 0.05) is 6.04 Å². The monoisotopic (exact) mass is 193 g/mol. The molecule has 1 N–H and O–H groups in total. The fourth-order valence-electron chi connectivity index (χ4n) is 1.13. The summed E-state index contributed by atoms with van der Waals surface area (Å²) in [5, 5.41) is 8.39. The molecule has 0 spiro atoms. The molecule has 6 heteroatoms. The number of sulfone groups is 1. The van der Waals surface area contributed by atoms with E-state index >= 15 is 0 Å². The van der Waals surface area contributed by atoms with Crippen LogP contribution in [0.5, 0.6) is 0 Å². The van der Waals surface area contributed by atoms with E-state index in [-0.39, 0.29) is 24.1 Å². The summed E-state index contributed by atoms with van der Waals surface area (Å²) in [5.41, 5.74) is 0. The van der Waals surface area contributed by atoms with Crippen LogP contribution >= 0.6 is 0 Å². The smallest absolute Gasteiger partial charge is 0.317 e. The molecule has 0 aliphatic carbocycles. The van der Waals surface area contributed by atoms with Gasteiger partial charge in [0.1, 0.15) is 0 Å². The van der Waals surface area contributed by atoms with Crippen molar-refractivity contribution in [3.8, 4) is 0 Å². The van der Waals surface area contributed by atoms with Crippen LogP contribution in [0.25, 0.3) is 0 Å². The van der Waals surface area contributed by atoms with Gasteiger partial charge in [0.05, 0.1) is 18.1 Å². The first-order chi connectivity index (χ1) is 5.41. The third-order valence-corrected chi connectivity index (χ3v) is 3.69. The van der Waals surface area contributed by atoms with Crippen molar-refractivity contribution in [2.75, 3.05) is 25.1 Å². The molecule has 0 atom stereocenters. The van der Waals surface area contributed by atoms with Crippen LogP contribution in [0.2, 0.25) is 0 Å². The standard InChI is InChI=1S/C6H11NO4S/c1-7(2-6(8)9)5-3-12(10,11)4-5/h5H,2-4H2,1H3,(H,8,9). The summed E-state index contributed by atoms with van der Waals surface area (Å²) in [6.07, 6.45) is 0. The summed E-state index contributed by atoms with van der Waals surface area (Å²) in [6, 6.07) is -0.105. The Kier molecular flexibility index (Phi) is 2.39. The van der Waals surface area contributed by atoms with Crippen LogP contribution < -0.4 is 0 Å². The van der Waals surface area contributed by atoms with Gasteiger partial charge >= 0.3 is 5.97 Å². The van der Waals surface area contributed by atoms with E-state index < -0.39 is 15.8 Å². The average molecular weight is 193 g/mol. The topological polar surface area (TPSA) is 74.7 Å². The highest BCUT2D eigenvalue weighted by atomic mass is 32.2. The van der Waals surface area contributed by atoms with Crippen LogP contribution in [-0.2, 0) is 14.6 Å². The Morgan fingerprint density at radius 3 is 2.42 bits per heavy atom. The Morgan fingerprint density at radius 2 is 2.08 bits per heavy atom. The number of likely N-dealkylation sites (N-methyl/N-ethyl adjacent to an activating group) is 1. The second-order valence-corrected chi connectivity index (χ2v) is 5.19. The van der Waals surface area contributed by atoms with E-state index in [0.717, 1.165) is 0 Å². The summed E-state index contributed by atoms with van der Waals surface area (Å²) >= 11 is 0. The highest BCUT2D eigenvalue weighted by Gasteiger charge is 2.36. The van der Waals surface area contributed by atoms with Crippen molar-refractivity contribution >= 4 is 15.8 Å². The molecule has 1 aliphatic rings. The summed E-state index contributed by atoms with van der Waals surface area (Å²) in [4.78, 5) is 11.8. The molecule has 1 heterocycles. The van der Waals surface area contributed by atoms with Crippen molar-refractivity contribution in [1.82, 2.24) is 4.90 Å². The fourth-order valence-corrected chi connectivity index (χ4v) is 2.72. The summed E-state index contributed by atoms with van der Waals surface area (Å²) in [7, 11) is -1.23. The van der Waals surface area contributed by atoms with Crippen molar-refractivity contribution in [3.63, 3.8) is 0 Å². The molecular formula is C6H11NO4S. The number of carbonyl (C=O) groups is 1. The molecule has 5 nitrogen and oxygen atoms in total. The number of hydrogen-bond acceptors (Lipinski definition) is 4.